The van der Waals surface area contributed by atoms with Gasteiger partial charge in [-0.1, -0.05) is 18.2 Å². The maximum absolute atomic E-state index is 11.7. The van der Waals surface area contributed by atoms with Crippen LogP contribution in [0.4, 0.5) is 0 Å². The van der Waals surface area contributed by atoms with E-state index in [1.807, 2.05) is 6.07 Å². The van der Waals surface area contributed by atoms with E-state index in [0.717, 1.165) is 12.8 Å². The molecule has 1 aromatic carbocycles. The minimum atomic E-state index is -0.885. The molecular formula is C16H18N2O4. The number of hydrogen-bond donors (Lipinski definition) is 1. The minimum Gasteiger partial charge on any atom is -0.482 e. The molecule has 22 heavy (non-hydrogen) atoms. The van der Waals surface area contributed by atoms with Crippen molar-refractivity contribution >= 4 is 11.9 Å². The van der Waals surface area contributed by atoms with E-state index in [1.54, 1.807) is 31.2 Å². The summed E-state index contributed by atoms with van der Waals surface area (Å²) in [6.45, 7) is 0.999. The predicted octanol–water partition coefficient (Wildman–Crippen LogP) is 1.42. The highest BCUT2D eigenvalue weighted by Crippen LogP contribution is 2.39. The Kier molecular flexibility index (Phi) is 4.99. The number of benzene rings is 1. The third kappa shape index (κ3) is 4.48. The second-order valence-corrected chi connectivity index (χ2v) is 5.40. The van der Waals surface area contributed by atoms with E-state index in [9.17, 15) is 9.59 Å². The average molecular weight is 302 g/mol. The number of hydrogen-bond acceptors (Lipinski definition) is 5. The normalized spacial score (nSPS) is 16.0. The van der Waals surface area contributed by atoms with Crippen molar-refractivity contribution in [3.63, 3.8) is 0 Å². The lowest BCUT2D eigenvalue weighted by molar-refractivity contribution is -0.150. The predicted molar refractivity (Wildman–Crippen MR) is 77.8 cm³/mol. The Hall–Kier alpha value is -2.55. The topological polar surface area (TPSA) is 88.4 Å². The Labute approximate surface area is 129 Å². The van der Waals surface area contributed by atoms with Crippen molar-refractivity contribution in [1.29, 1.82) is 5.26 Å². The lowest BCUT2D eigenvalue weighted by atomic mass is 9.98. The van der Waals surface area contributed by atoms with E-state index >= 15 is 0 Å². The number of rotatable bonds is 7. The van der Waals surface area contributed by atoms with E-state index in [-0.39, 0.29) is 12.5 Å². The molecule has 1 aromatic rings. The van der Waals surface area contributed by atoms with Crippen LogP contribution in [0, 0.1) is 17.2 Å². The summed E-state index contributed by atoms with van der Waals surface area (Å²) in [5.74, 6) is -0.388. The van der Waals surface area contributed by atoms with Crippen LogP contribution >= 0.6 is 0 Å². The summed E-state index contributed by atoms with van der Waals surface area (Å²) in [7, 11) is 0. The molecule has 0 aromatic heterocycles. The first-order valence-corrected chi connectivity index (χ1v) is 7.09. The van der Waals surface area contributed by atoms with Crippen LogP contribution in [0.25, 0.3) is 0 Å². The quantitative estimate of drug-likeness (QED) is 0.769. The van der Waals surface area contributed by atoms with Gasteiger partial charge in [0.2, 0.25) is 0 Å². The molecule has 0 spiro atoms. The molecule has 1 saturated carbocycles. The number of carbonyl (C=O) groups is 2. The molecule has 2 rings (SSSR count). The minimum absolute atomic E-state index is 0.179. The maximum atomic E-state index is 11.7. The van der Waals surface area contributed by atoms with Crippen LogP contribution < -0.4 is 10.1 Å². The summed E-state index contributed by atoms with van der Waals surface area (Å²) in [6, 6.07) is 10.9. The molecule has 0 bridgehead atoms. The van der Waals surface area contributed by atoms with E-state index < -0.39 is 24.0 Å². The Morgan fingerprint density at radius 2 is 2.00 bits per heavy atom. The third-order valence-corrected chi connectivity index (χ3v) is 3.49. The van der Waals surface area contributed by atoms with Crippen LogP contribution in [0.1, 0.15) is 19.8 Å². The summed E-state index contributed by atoms with van der Waals surface area (Å²) in [6.07, 6.45) is 1.85. The molecule has 0 saturated heterocycles. The molecule has 1 aliphatic carbocycles. The highest BCUT2D eigenvalue weighted by Gasteiger charge is 2.43. The number of esters is 1. The Balaban J connectivity index is 1.69. The highest BCUT2D eigenvalue weighted by molar-refractivity contribution is 5.81. The monoisotopic (exact) mass is 302 g/mol. The zero-order chi connectivity index (χ0) is 16.0. The van der Waals surface area contributed by atoms with E-state index in [1.165, 1.54) is 0 Å². The fraction of sp³-hybridized carbons (Fsp3) is 0.438. The zero-order valence-corrected chi connectivity index (χ0v) is 12.4. The zero-order valence-electron chi connectivity index (χ0n) is 12.4. The van der Waals surface area contributed by atoms with Crippen molar-refractivity contribution in [2.45, 2.75) is 25.3 Å². The molecule has 1 atom stereocenters. The number of nitrogens with zero attached hydrogens (tertiary/aromatic N) is 1. The van der Waals surface area contributed by atoms with Crippen molar-refractivity contribution < 1.29 is 19.1 Å². The summed E-state index contributed by atoms with van der Waals surface area (Å²) >= 11 is 0. The van der Waals surface area contributed by atoms with Crippen LogP contribution in [0.2, 0.25) is 0 Å². The second kappa shape index (κ2) is 6.94. The second-order valence-electron chi connectivity index (χ2n) is 5.40. The summed E-state index contributed by atoms with van der Waals surface area (Å²) in [5, 5.41) is 11.8. The first-order chi connectivity index (χ1) is 10.5. The van der Waals surface area contributed by atoms with Gasteiger partial charge < -0.3 is 14.8 Å². The molecule has 0 radical (unpaired) electrons. The maximum Gasteiger partial charge on any atom is 0.344 e. The molecule has 1 N–H and O–H groups in total. The molecule has 1 amide bonds. The van der Waals surface area contributed by atoms with Crippen LogP contribution in [0.5, 0.6) is 5.75 Å². The van der Waals surface area contributed by atoms with E-state index in [4.69, 9.17) is 14.7 Å². The van der Waals surface area contributed by atoms with Gasteiger partial charge in [-0.3, -0.25) is 4.79 Å². The lowest BCUT2D eigenvalue weighted by Crippen LogP contribution is -2.48. The van der Waals surface area contributed by atoms with Gasteiger partial charge in [-0.15, -0.1) is 0 Å². The van der Waals surface area contributed by atoms with E-state index in [0.29, 0.717) is 5.75 Å². The number of nitrogens with one attached hydrogen (secondary N) is 1. The number of amides is 1. The van der Waals surface area contributed by atoms with E-state index in [2.05, 4.69) is 11.4 Å². The molecule has 1 aliphatic rings. The van der Waals surface area contributed by atoms with Crippen molar-refractivity contribution in [2.75, 3.05) is 13.2 Å². The largest absolute Gasteiger partial charge is 0.482 e. The Bertz CT molecular complexity index is 578. The van der Waals surface area contributed by atoms with Gasteiger partial charge in [-0.2, -0.15) is 5.26 Å². The van der Waals surface area contributed by atoms with Crippen LogP contribution in [-0.4, -0.2) is 30.6 Å². The molecule has 0 aliphatic heterocycles. The van der Waals surface area contributed by atoms with Crippen molar-refractivity contribution in [3.05, 3.63) is 30.3 Å². The van der Waals surface area contributed by atoms with Crippen LogP contribution in [0.15, 0.2) is 30.3 Å². The molecule has 116 valence electrons. The summed E-state index contributed by atoms with van der Waals surface area (Å²) < 4.78 is 10.0. The molecular weight excluding hydrogens is 284 g/mol. The van der Waals surface area contributed by atoms with Crippen molar-refractivity contribution in [2.24, 2.45) is 5.92 Å². The molecule has 6 heteroatoms. The number of para-hydroxylation sites is 1. The highest BCUT2D eigenvalue weighted by atomic mass is 16.6. The molecule has 1 fully saturated rings. The molecule has 0 heterocycles. The molecule has 6 nitrogen and oxygen atoms in total. The number of ether oxygens (including phenoxy) is 2. The average Bonchev–Trinajstić information content (AvgIpc) is 3.37. The Morgan fingerprint density at radius 3 is 2.59 bits per heavy atom. The summed E-state index contributed by atoms with van der Waals surface area (Å²) in [4.78, 5) is 23.3. The van der Waals surface area contributed by atoms with Gasteiger partial charge in [0.05, 0.1) is 6.07 Å². The fourth-order valence-corrected chi connectivity index (χ4v) is 2.05. The first-order valence-electron chi connectivity index (χ1n) is 7.09. The van der Waals surface area contributed by atoms with Gasteiger partial charge in [0.1, 0.15) is 11.3 Å². The summed E-state index contributed by atoms with van der Waals surface area (Å²) in [5.41, 5.74) is -0.885. The van der Waals surface area contributed by atoms with Gasteiger partial charge in [0.25, 0.3) is 5.91 Å². The molecule has 0 unspecified atom stereocenters. The fourth-order valence-electron chi connectivity index (χ4n) is 2.05. The Morgan fingerprint density at radius 1 is 1.32 bits per heavy atom. The van der Waals surface area contributed by atoms with Crippen molar-refractivity contribution in [1.82, 2.24) is 5.32 Å². The van der Waals surface area contributed by atoms with Gasteiger partial charge in [0.15, 0.2) is 13.2 Å². The number of carbonyl (C=O) groups excluding carboxylic acids is 2. The number of nitriles is 1. The van der Waals surface area contributed by atoms with Gasteiger partial charge in [0, 0.05) is 0 Å². The lowest BCUT2D eigenvalue weighted by Gasteiger charge is -2.22. The smallest absolute Gasteiger partial charge is 0.344 e. The van der Waals surface area contributed by atoms with Crippen LogP contribution in [0.3, 0.4) is 0 Å². The SMILES string of the molecule is C[C@@](C#N)(NC(=O)COC(=O)COc1ccccc1)C1CC1. The van der Waals surface area contributed by atoms with Gasteiger partial charge in [-0.05, 0) is 37.8 Å². The third-order valence-electron chi connectivity index (χ3n) is 3.49. The van der Waals surface area contributed by atoms with Crippen LogP contribution in [-0.2, 0) is 14.3 Å². The van der Waals surface area contributed by atoms with Crippen molar-refractivity contribution in [3.8, 4) is 11.8 Å². The standard InChI is InChI=1S/C16H18N2O4/c1-16(11-17,12-7-8-12)18-14(19)9-22-15(20)10-21-13-5-3-2-4-6-13/h2-6,12H,7-10H2,1H3,(H,18,19)/t16-/m0/s1. The van der Waals surface area contributed by atoms with Gasteiger partial charge >= 0.3 is 5.97 Å². The first kappa shape index (κ1) is 15.8. The van der Waals surface area contributed by atoms with Gasteiger partial charge in [-0.25, -0.2) is 4.79 Å².